The van der Waals surface area contributed by atoms with E-state index >= 15 is 0 Å². The number of nitrogens with one attached hydrogen (secondary N) is 1. The zero-order valence-electron chi connectivity index (χ0n) is 13.2. The number of fused-ring (bicyclic) bond motifs is 1. The fourth-order valence-electron chi connectivity index (χ4n) is 3.18. The van der Waals surface area contributed by atoms with Gasteiger partial charge in [-0.3, -0.25) is 4.90 Å². The number of benzene rings is 1. The Morgan fingerprint density at radius 1 is 1.14 bits per heavy atom. The lowest BCUT2D eigenvalue weighted by Crippen LogP contribution is -2.46. The quantitative estimate of drug-likeness (QED) is 0.905. The van der Waals surface area contributed by atoms with Crippen LogP contribution in [0.4, 0.5) is 0 Å². The Kier molecular flexibility index (Phi) is 7.77. The summed E-state index contributed by atoms with van der Waals surface area (Å²) in [5, 5.41) is 3.43. The lowest BCUT2D eigenvalue weighted by molar-refractivity contribution is 0.128. The van der Waals surface area contributed by atoms with Gasteiger partial charge in [-0.25, -0.2) is 0 Å². The van der Waals surface area contributed by atoms with Gasteiger partial charge in [0, 0.05) is 32.2 Å². The molecule has 126 valence electrons. The summed E-state index contributed by atoms with van der Waals surface area (Å²) in [5.74, 6) is 2.40. The van der Waals surface area contributed by atoms with Crippen LogP contribution in [0.5, 0.6) is 11.5 Å². The van der Waals surface area contributed by atoms with Crippen LogP contribution in [0, 0.1) is 5.92 Å². The van der Waals surface area contributed by atoms with Gasteiger partial charge in [0.2, 0.25) is 6.79 Å². The van der Waals surface area contributed by atoms with Gasteiger partial charge in [0.15, 0.2) is 11.5 Å². The maximum atomic E-state index is 5.54. The smallest absolute Gasteiger partial charge is 0.231 e. The summed E-state index contributed by atoms with van der Waals surface area (Å²) < 4.78 is 11.0. The standard InChI is InChI=1S/C16H24N2O2.2ClH/c1-3-12(2)16(18-8-6-17-7-9-18)13-4-5-14-15(10-13)20-11-19-14;;/h4-5,10,12,16-17H,3,6-9,11H2,1-2H3;2*1H/t12?,16-;;/m0../s1. The zero-order chi connectivity index (χ0) is 13.9. The fourth-order valence-corrected chi connectivity index (χ4v) is 3.18. The van der Waals surface area contributed by atoms with Gasteiger partial charge in [-0.15, -0.1) is 24.8 Å². The molecule has 2 aliphatic heterocycles. The average Bonchev–Trinajstić information content (AvgIpc) is 2.96. The molecule has 3 rings (SSSR count). The molecule has 0 amide bonds. The second-order valence-corrected chi connectivity index (χ2v) is 5.73. The molecular weight excluding hydrogens is 323 g/mol. The highest BCUT2D eigenvalue weighted by molar-refractivity contribution is 5.85. The molecule has 2 aliphatic rings. The highest BCUT2D eigenvalue weighted by atomic mass is 35.5. The van der Waals surface area contributed by atoms with Crippen LogP contribution in [0.2, 0.25) is 0 Å². The minimum absolute atomic E-state index is 0. The van der Waals surface area contributed by atoms with Crippen molar-refractivity contribution in [1.82, 2.24) is 10.2 Å². The third kappa shape index (κ3) is 3.99. The highest BCUT2D eigenvalue weighted by Crippen LogP contribution is 2.38. The Bertz CT molecular complexity index is 467. The van der Waals surface area contributed by atoms with Crippen LogP contribution in [-0.2, 0) is 0 Å². The number of halogens is 2. The zero-order valence-corrected chi connectivity index (χ0v) is 14.8. The predicted molar refractivity (Wildman–Crippen MR) is 93.7 cm³/mol. The normalized spacial score (nSPS) is 19.7. The van der Waals surface area contributed by atoms with Crippen molar-refractivity contribution in [3.63, 3.8) is 0 Å². The van der Waals surface area contributed by atoms with Crippen LogP contribution in [0.3, 0.4) is 0 Å². The van der Waals surface area contributed by atoms with Crippen molar-refractivity contribution in [3.8, 4) is 11.5 Å². The van der Waals surface area contributed by atoms with Gasteiger partial charge in [0.25, 0.3) is 0 Å². The number of hydrogen-bond acceptors (Lipinski definition) is 4. The van der Waals surface area contributed by atoms with Gasteiger partial charge in [0.1, 0.15) is 0 Å². The first-order valence-corrected chi connectivity index (χ1v) is 7.64. The van der Waals surface area contributed by atoms with Crippen molar-refractivity contribution in [1.29, 1.82) is 0 Å². The molecule has 6 heteroatoms. The summed E-state index contributed by atoms with van der Waals surface area (Å²) in [6, 6.07) is 6.89. The largest absolute Gasteiger partial charge is 0.454 e. The molecule has 22 heavy (non-hydrogen) atoms. The van der Waals surface area contributed by atoms with Crippen LogP contribution in [-0.4, -0.2) is 37.9 Å². The van der Waals surface area contributed by atoms with Crippen LogP contribution in [0.25, 0.3) is 0 Å². The molecule has 0 aromatic heterocycles. The van der Waals surface area contributed by atoms with E-state index in [1.54, 1.807) is 0 Å². The summed E-state index contributed by atoms with van der Waals surface area (Å²) in [7, 11) is 0. The van der Waals surface area contributed by atoms with E-state index in [1.165, 1.54) is 12.0 Å². The molecule has 1 aromatic rings. The summed E-state index contributed by atoms with van der Waals surface area (Å²) in [5.41, 5.74) is 1.35. The number of nitrogens with zero attached hydrogens (tertiary/aromatic N) is 1. The average molecular weight is 349 g/mol. The molecule has 1 fully saturated rings. The van der Waals surface area contributed by atoms with Crippen molar-refractivity contribution in [2.24, 2.45) is 5.92 Å². The SMILES string of the molecule is CCC(C)[C@@H](c1ccc2c(c1)OCO2)N1CCNCC1.Cl.Cl. The van der Waals surface area contributed by atoms with Crippen LogP contribution in [0.1, 0.15) is 31.9 Å². The fraction of sp³-hybridized carbons (Fsp3) is 0.625. The van der Waals surface area contributed by atoms with E-state index in [0.717, 1.165) is 37.7 Å². The Labute approximate surface area is 145 Å². The topological polar surface area (TPSA) is 33.7 Å². The molecule has 0 spiro atoms. The molecule has 2 atom stereocenters. The van der Waals surface area contributed by atoms with E-state index in [9.17, 15) is 0 Å². The molecule has 0 aliphatic carbocycles. The second-order valence-electron chi connectivity index (χ2n) is 5.73. The van der Waals surface area contributed by atoms with Crippen LogP contribution < -0.4 is 14.8 Å². The first-order valence-electron chi connectivity index (χ1n) is 7.64. The molecule has 1 N–H and O–H groups in total. The molecule has 1 aromatic carbocycles. The second kappa shape index (κ2) is 8.82. The number of ether oxygens (including phenoxy) is 2. The van der Waals surface area contributed by atoms with Crippen molar-refractivity contribution in [3.05, 3.63) is 23.8 Å². The van der Waals surface area contributed by atoms with E-state index in [2.05, 4.69) is 42.3 Å². The van der Waals surface area contributed by atoms with Crippen molar-refractivity contribution in [2.45, 2.75) is 26.3 Å². The predicted octanol–water partition coefficient (Wildman–Crippen LogP) is 3.25. The van der Waals surface area contributed by atoms with E-state index < -0.39 is 0 Å². The molecule has 2 heterocycles. The summed E-state index contributed by atoms with van der Waals surface area (Å²) in [6.45, 7) is 9.35. The van der Waals surface area contributed by atoms with E-state index in [-0.39, 0.29) is 24.8 Å². The van der Waals surface area contributed by atoms with E-state index in [1.807, 2.05) is 0 Å². The summed E-state index contributed by atoms with van der Waals surface area (Å²) in [6.07, 6.45) is 1.18. The van der Waals surface area contributed by atoms with Crippen molar-refractivity contribution < 1.29 is 9.47 Å². The molecule has 0 radical (unpaired) electrons. The highest BCUT2D eigenvalue weighted by Gasteiger charge is 2.27. The number of rotatable bonds is 4. The maximum absolute atomic E-state index is 5.54. The third-order valence-electron chi connectivity index (χ3n) is 4.47. The first-order chi connectivity index (χ1) is 9.79. The molecule has 1 unspecified atom stereocenters. The van der Waals surface area contributed by atoms with Gasteiger partial charge in [-0.05, 0) is 23.6 Å². The first kappa shape index (κ1) is 19.4. The molecule has 4 nitrogen and oxygen atoms in total. The van der Waals surface area contributed by atoms with Gasteiger partial charge in [-0.2, -0.15) is 0 Å². The molecule has 0 saturated carbocycles. The molecule has 0 bridgehead atoms. The van der Waals surface area contributed by atoms with Crippen LogP contribution >= 0.6 is 24.8 Å². The van der Waals surface area contributed by atoms with Crippen LogP contribution in [0.15, 0.2) is 18.2 Å². The van der Waals surface area contributed by atoms with Gasteiger partial charge < -0.3 is 14.8 Å². The Balaban J connectivity index is 0.00000121. The Morgan fingerprint density at radius 3 is 2.50 bits per heavy atom. The molecular formula is C16H26Cl2N2O2. The van der Waals surface area contributed by atoms with Gasteiger partial charge in [-0.1, -0.05) is 26.3 Å². The number of hydrogen-bond donors (Lipinski definition) is 1. The lowest BCUT2D eigenvalue weighted by atomic mass is 9.90. The lowest BCUT2D eigenvalue weighted by Gasteiger charge is -2.38. The van der Waals surface area contributed by atoms with Gasteiger partial charge >= 0.3 is 0 Å². The van der Waals surface area contributed by atoms with Crippen molar-refractivity contribution >= 4 is 24.8 Å². The number of piperazine rings is 1. The summed E-state index contributed by atoms with van der Waals surface area (Å²) in [4.78, 5) is 2.60. The van der Waals surface area contributed by atoms with E-state index in [4.69, 9.17) is 9.47 Å². The van der Waals surface area contributed by atoms with Crippen molar-refractivity contribution in [2.75, 3.05) is 33.0 Å². The Morgan fingerprint density at radius 2 is 1.82 bits per heavy atom. The maximum Gasteiger partial charge on any atom is 0.231 e. The Hall–Kier alpha value is -0.680. The molecule has 1 saturated heterocycles. The van der Waals surface area contributed by atoms with Gasteiger partial charge in [0.05, 0.1) is 0 Å². The minimum Gasteiger partial charge on any atom is -0.454 e. The minimum atomic E-state index is 0. The third-order valence-corrected chi connectivity index (χ3v) is 4.47. The monoisotopic (exact) mass is 348 g/mol. The summed E-state index contributed by atoms with van der Waals surface area (Å²) >= 11 is 0. The van der Waals surface area contributed by atoms with E-state index in [0.29, 0.717) is 18.8 Å².